The molecule has 0 aliphatic carbocycles. The number of hydrogen-bond acceptors (Lipinski definition) is 4. The van der Waals surface area contributed by atoms with Gasteiger partial charge in [0.15, 0.2) is 0 Å². The van der Waals surface area contributed by atoms with E-state index < -0.39 is 0 Å². The molecule has 5 nitrogen and oxygen atoms in total. The van der Waals surface area contributed by atoms with Crippen molar-refractivity contribution in [2.75, 3.05) is 5.32 Å². The molecule has 0 saturated heterocycles. The Balaban J connectivity index is 1.65. The van der Waals surface area contributed by atoms with Crippen LogP contribution in [0.3, 0.4) is 0 Å². The van der Waals surface area contributed by atoms with Gasteiger partial charge in [0.2, 0.25) is 0 Å². The molecule has 0 unspecified atom stereocenters. The molecule has 0 aliphatic rings. The lowest BCUT2D eigenvalue weighted by molar-refractivity contribution is 0.0953. The second kappa shape index (κ2) is 8.42. The van der Waals surface area contributed by atoms with Gasteiger partial charge in [-0.15, -0.1) is 11.3 Å². The van der Waals surface area contributed by atoms with Crippen molar-refractivity contribution in [1.82, 2.24) is 5.43 Å². The number of hydrogen-bond donors (Lipinski definition) is 2. The van der Waals surface area contributed by atoms with Crippen molar-refractivity contribution in [2.24, 2.45) is 5.10 Å². The molecule has 2 aromatic carbocycles. The number of benzene rings is 2. The third-order valence-corrected chi connectivity index (χ3v) is 4.41. The summed E-state index contributed by atoms with van der Waals surface area (Å²) in [5.41, 5.74) is 3.79. The van der Waals surface area contributed by atoms with Crippen molar-refractivity contribution in [3.63, 3.8) is 0 Å². The monoisotopic (exact) mass is 383 g/mol. The standard InChI is InChI=1S/C19H14ClN3O2S/c20-15-6-1-4-13(10-15)18(24)22-16-7-2-5-14(11-16)19(25)23-21-12-17-8-3-9-26-17/h1-12H,(H,22,24)(H,23,25). The molecule has 26 heavy (non-hydrogen) atoms. The zero-order chi connectivity index (χ0) is 18.4. The summed E-state index contributed by atoms with van der Waals surface area (Å²) in [5.74, 6) is -0.669. The van der Waals surface area contributed by atoms with Crippen LogP contribution in [-0.4, -0.2) is 18.0 Å². The number of carbonyl (C=O) groups is 2. The maximum absolute atomic E-state index is 12.3. The van der Waals surface area contributed by atoms with Crippen LogP contribution in [0.5, 0.6) is 0 Å². The Morgan fingerprint density at radius 2 is 1.73 bits per heavy atom. The van der Waals surface area contributed by atoms with Gasteiger partial charge in [-0.3, -0.25) is 9.59 Å². The van der Waals surface area contributed by atoms with E-state index in [2.05, 4.69) is 15.8 Å². The zero-order valence-electron chi connectivity index (χ0n) is 13.5. The topological polar surface area (TPSA) is 70.6 Å². The van der Waals surface area contributed by atoms with Crippen LogP contribution in [0.4, 0.5) is 5.69 Å². The van der Waals surface area contributed by atoms with Crippen LogP contribution in [-0.2, 0) is 0 Å². The molecule has 0 radical (unpaired) electrons. The third kappa shape index (κ3) is 4.78. The molecule has 3 rings (SSSR count). The Morgan fingerprint density at radius 3 is 2.46 bits per heavy atom. The van der Waals surface area contributed by atoms with Gasteiger partial charge in [0.25, 0.3) is 11.8 Å². The summed E-state index contributed by atoms with van der Waals surface area (Å²) in [5, 5.41) is 9.07. The maximum Gasteiger partial charge on any atom is 0.271 e. The summed E-state index contributed by atoms with van der Waals surface area (Å²) in [4.78, 5) is 25.4. The SMILES string of the molecule is O=C(NN=Cc1cccs1)c1cccc(NC(=O)c2cccc(Cl)c2)c1. The molecule has 0 spiro atoms. The Morgan fingerprint density at radius 1 is 0.962 bits per heavy atom. The summed E-state index contributed by atoms with van der Waals surface area (Å²) in [6, 6.07) is 17.0. The van der Waals surface area contributed by atoms with Crippen molar-refractivity contribution in [3.05, 3.63) is 87.1 Å². The first-order valence-electron chi connectivity index (χ1n) is 7.66. The number of anilines is 1. The molecule has 1 heterocycles. The highest BCUT2D eigenvalue weighted by Crippen LogP contribution is 2.15. The molecule has 0 aliphatic heterocycles. The summed E-state index contributed by atoms with van der Waals surface area (Å²) < 4.78 is 0. The van der Waals surface area contributed by atoms with Crippen molar-refractivity contribution >= 4 is 46.7 Å². The summed E-state index contributed by atoms with van der Waals surface area (Å²) in [6.45, 7) is 0. The fraction of sp³-hybridized carbons (Fsp3) is 0. The van der Waals surface area contributed by atoms with Crippen molar-refractivity contribution in [1.29, 1.82) is 0 Å². The van der Waals surface area contributed by atoms with Gasteiger partial charge in [-0.05, 0) is 47.8 Å². The van der Waals surface area contributed by atoms with Gasteiger partial charge in [-0.2, -0.15) is 5.10 Å². The van der Waals surface area contributed by atoms with Crippen LogP contribution in [0.2, 0.25) is 5.02 Å². The normalized spacial score (nSPS) is 10.7. The molecule has 0 fully saturated rings. The molecule has 1 aromatic heterocycles. The summed E-state index contributed by atoms with van der Waals surface area (Å²) >= 11 is 7.42. The van der Waals surface area contributed by atoms with Gasteiger partial charge in [-0.1, -0.05) is 29.8 Å². The fourth-order valence-corrected chi connectivity index (χ4v) is 2.93. The molecule has 7 heteroatoms. The maximum atomic E-state index is 12.3. The van der Waals surface area contributed by atoms with E-state index in [0.717, 1.165) is 4.88 Å². The minimum Gasteiger partial charge on any atom is -0.322 e. The predicted octanol–water partition coefficient (Wildman–Crippen LogP) is 4.42. The Kier molecular flexibility index (Phi) is 5.78. The zero-order valence-corrected chi connectivity index (χ0v) is 15.1. The number of nitrogens with one attached hydrogen (secondary N) is 2. The van der Waals surface area contributed by atoms with Crippen molar-refractivity contribution in [3.8, 4) is 0 Å². The predicted molar refractivity (Wildman–Crippen MR) is 105 cm³/mol. The fourth-order valence-electron chi connectivity index (χ4n) is 2.15. The molecular weight excluding hydrogens is 370 g/mol. The lowest BCUT2D eigenvalue weighted by Gasteiger charge is -2.07. The van der Waals surface area contributed by atoms with Gasteiger partial charge in [-0.25, -0.2) is 5.43 Å². The smallest absolute Gasteiger partial charge is 0.271 e. The van der Waals surface area contributed by atoms with Crippen molar-refractivity contribution in [2.45, 2.75) is 0 Å². The number of nitrogens with zero attached hydrogens (tertiary/aromatic N) is 1. The number of carbonyl (C=O) groups excluding carboxylic acids is 2. The van der Waals surface area contributed by atoms with E-state index in [4.69, 9.17) is 11.6 Å². The minimum atomic E-state index is -0.364. The average molecular weight is 384 g/mol. The third-order valence-electron chi connectivity index (χ3n) is 3.37. The molecule has 0 bridgehead atoms. The largest absolute Gasteiger partial charge is 0.322 e. The van der Waals surface area contributed by atoms with E-state index in [1.807, 2.05) is 17.5 Å². The van der Waals surface area contributed by atoms with Crippen LogP contribution in [0.1, 0.15) is 25.6 Å². The Hall–Kier alpha value is -2.96. The lowest BCUT2D eigenvalue weighted by atomic mass is 10.1. The second-order valence-corrected chi connectivity index (χ2v) is 6.68. The number of thiophene rings is 1. The van der Waals surface area contributed by atoms with Gasteiger partial charge >= 0.3 is 0 Å². The highest BCUT2D eigenvalue weighted by Gasteiger charge is 2.09. The average Bonchev–Trinajstić information content (AvgIpc) is 3.15. The number of halogens is 1. The van der Waals surface area contributed by atoms with Crippen LogP contribution < -0.4 is 10.7 Å². The van der Waals surface area contributed by atoms with Crippen molar-refractivity contribution < 1.29 is 9.59 Å². The first-order valence-corrected chi connectivity index (χ1v) is 8.91. The number of hydrazone groups is 1. The van der Waals surface area contributed by atoms with Crippen LogP contribution in [0, 0.1) is 0 Å². The molecule has 2 N–H and O–H groups in total. The lowest BCUT2D eigenvalue weighted by Crippen LogP contribution is -2.18. The van der Waals surface area contributed by atoms with Gasteiger partial charge in [0, 0.05) is 26.7 Å². The molecule has 2 amide bonds. The minimum absolute atomic E-state index is 0.305. The van der Waals surface area contributed by atoms with Gasteiger partial charge < -0.3 is 5.32 Å². The quantitative estimate of drug-likeness (QED) is 0.505. The summed E-state index contributed by atoms with van der Waals surface area (Å²) in [6.07, 6.45) is 1.58. The van der Waals surface area contributed by atoms with E-state index in [9.17, 15) is 9.59 Å². The van der Waals surface area contributed by atoms with E-state index in [-0.39, 0.29) is 11.8 Å². The highest BCUT2D eigenvalue weighted by molar-refractivity contribution is 7.11. The van der Waals surface area contributed by atoms with Crippen LogP contribution >= 0.6 is 22.9 Å². The molecule has 0 atom stereocenters. The number of rotatable bonds is 5. The highest BCUT2D eigenvalue weighted by atomic mass is 35.5. The number of amides is 2. The molecule has 0 saturated carbocycles. The van der Waals surface area contributed by atoms with Gasteiger partial charge in [0.05, 0.1) is 6.21 Å². The van der Waals surface area contributed by atoms with E-state index in [1.165, 1.54) is 11.3 Å². The van der Waals surface area contributed by atoms with Crippen LogP contribution in [0.25, 0.3) is 0 Å². The first-order chi connectivity index (χ1) is 12.6. The molecule has 3 aromatic rings. The molecular formula is C19H14ClN3O2S. The first kappa shape index (κ1) is 17.8. The van der Waals surface area contributed by atoms with E-state index in [0.29, 0.717) is 21.8 Å². The Labute approximate surface area is 159 Å². The van der Waals surface area contributed by atoms with E-state index in [1.54, 1.807) is 54.7 Å². The van der Waals surface area contributed by atoms with Crippen LogP contribution in [0.15, 0.2) is 71.1 Å². The Bertz CT molecular complexity index is 955. The second-order valence-electron chi connectivity index (χ2n) is 5.26. The van der Waals surface area contributed by atoms with Gasteiger partial charge in [0.1, 0.15) is 0 Å². The van der Waals surface area contributed by atoms with E-state index >= 15 is 0 Å². The molecule has 130 valence electrons. The summed E-state index contributed by atoms with van der Waals surface area (Å²) in [7, 11) is 0.